The highest BCUT2D eigenvalue weighted by molar-refractivity contribution is 9.10. The molecule has 1 aliphatic heterocycles. The average molecular weight is 317 g/mol. The Morgan fingerprint density at radius 1 is 1.59 bits per heavy atom. The largest absolute Gasteiger partial charge is 0.330 e. The van der Waals surface area contributed by atoms with Crippen molar-refractivity contribution >= 4 is 27.3 Å². The van der Waals surface area contributed by atoms with Gasteiger partial charge in [0.1, 0.15) is 0 Å². The van der Waals surface area contributed by atoms with Crippen LogP contribution in [0, 0.1) is 12.8 Å². The minimum Gasteiger partial charge on any atom is -0.330 e. The van der Waals surface area contributed by atoms with E-state index in [1.807, 2.05) is 11.3 Å². The highest BCUT2D eigenvalue weighted by atomic mass is 79.9. The Morgan fingerprint density at radius 3 is 2.88 bits per heavy atom. The van der Waals surface area contributed by atoms with E-state index in [1.165, 1.54) is 33.6 Å². The van der Waals surface area contributed by atoms with Crippen molar-refractivity contribution in [2.45, 2.75) is 32.7 Å². The fourth-order valence-electron chi connectivity index (χ4n) is 2.79. The lowest BCUT2D eigenvalue weighted by Gasteiger charge is -2.40. The molecule has 2 unspecified atom stereocenters. The maximum Gasteiger partial charge on any atom is 0.0482 e. The molecule has 1 aromatic heterocycles. The van der Waals surface area contributed by atoms with Crippen molar-refractivity contribution in [1.82, 2.24) is 4.90 Å². The number of piperidine rings is 1. The molecule has 0 aliphatic carbocycles. The summed E-state index contributed by atoms with van der Waals surface area (Å²) >= 11 is 5.54. The average Bonchev–Trinajstić information content (AvgIpc) is 2.68. The zero-order chi connectivity index (χ0) is 12.4. The van der Waals surface area contributed by atoms with E-state index in [0.29, 0.717) is 12.0 Å². The monoisotopic (exact) mass is 316 g/mol. The lowest BCUT2D eigenvalue weighted by molar-refractivity contribution is 0.105. The summed E-state index contributed by atoms with van der Waals surface area (Å²) in [5.74, 6) is 0.619. The lowest BCUT2D eigenvalue weighted by Crippen LogP contribution is -2.41. The highest BCUT2D eigenvalue weighted by Gasteiger charge is 2.32. The second-order valence-corrected chi connectivity index (χ2v) is 6.91. The van der Waals surface area contributed by atoms with Gasteiger partial charge in [-0.05, 0) is 67.3 Å². The molecule has 0 saturated carbocycles. The van der Waals surface area contributed by atoms with Crippen molar-refractivity contribution in [1.29, 1.82) is 0 Å². The van der Waals surface area contributed by atoms with Crippen molar-refractivity contribution in [2.75, 3.05) is 19.6 Å². The molecular formula is C13H21BrN2S. The molecule has 0 radical (unpaired) electrons. The Kier molecular flexibility index (Phi) is 4.64. The lowest BCUT2D eigenvalue weighted by atomic mass is 9.88. The van der Waals surface area contributed by atoms with E-state index in [4.69, 9.17) is 5.73 Å². The summed E-state index contributed by atoms with van der Waals surface area (Å²) in [5, 5.41) is 0. The predicted octanol–water partition coefficient (Wildman–Crippen LogP) is 3.55. The molecule has 0 aromatic carbocycles. The van der Waals surface area contributed by atoms with Crippen molar-refractivity contribution in [3.05, 3.63) is 20.3 Å². The SMILES string of the molecule is CCN1CCCC(CN)C1c1cc(Br)c(C)s1. The standard InChI is InChI=1S/C13H21BrN2S/c1-3-16-6-4-5-10(8-15)13(16)12-7-11(14)9(2)17-12/h7,10,13H,3-6,8,15H2,1-2H3. The summed E-state index contributed by atoms with van der Waals surface area (Å²) in [7, 11) is 0. The van der Waals surface area contributed by atoms with Crippen LogP contribution in [0.15, 0.2) is 10.5 Å². The first-order chi connectivity index (χ1) is 8.17. The van der Waals surface area contributed by atoms with E-state index < -0.39 is 0 Å². The zero-order valence-corrected chi connectivity index (χ0v) is 13.0. The quantitative estimate of drug-likeness (QED) is 0.924. The molecule has 1 saturated heterocycles. The van der Waals surface area contributed by atoms with Crippen LogP contribution in [0.2, 0.25) is 0 Å². The first kappa shape index (κ1) is 13.5. The first-order valence-corrected chi connectivity index (χ1v) is 7.98. The molecule has 96 valence electrons. The molecule has 2 nitrogen and oxygen atoms in total. The Balaban J connectivity index is 2.29. The molecule has 0 spiro atoms. The van der Waals surface area contributed by atoms with Gasteiger partial charge in [0.15, 0.2) is 0 Å². The van der Waals surface area contributed by atoms with Gasteiger partial charge in [0.2, 0.25) is 0 Å². The van der Waals surface area contributed by atoms with E-state index in [1.54, 1.807) is 0 Å². The minimum absolute atomic E-state index is 0.536. The van der Waals surface area contributed by atoms with Crippen LogP contribution in [-0.4, -0.2) is 24.5 Å². The van der Waals surface area contributed by atoms with Crippen LogP contribution in [0.4, 0.5) is 0 Å². The maximum atomic E-state index is 5.96. The normalized spacial score (nSPS) is 26.4. The smallest absolute Gasteiger partial charge is 0.0482 e. The Morgan fingerprint density at radius 2 is 2.35 bits per heavy atom. The van der Waals surface area contributed by atoms with E-state index in [-0.39, 0.29) is 0 Å². The summed E-state index contributed by atoms with van der Waals surface area (Å²) in [6.07, 6.45) is 2.56. The number of hydrogen-bond acceptors (Lipinski definition) is 3. The third kappa shape index (κ3) is 2.75. The third-order valence-corrected chi connectivity index (χ3v) is 5.94. The van der Waals surface area contributed by atoms with E-state index >= 15 is 0 Å². The number of nitrogens with two attached hydrogens (primary N) is 1. The van der Waals surface area contributed by atoms with Crippen LogP contribution in [-0.2, 0) is 0 Å². The molecule has 0 amide bonds. The molecular weight excluding hydrogens is 296 g/mol. The van der Waals surface area contributed by atoms with Crippen LogP contribution >= 0.6 is 27.3 Å². The van der Waals surface area contributed by atoms with Crippen LogP contribution in [0.1, 0.15) is 35.6 Å². The van der Waals surface area contributed by atoms with E-state index in [0.717, 1.165) is 13.1 Å². The van der Waals surface area contributed by atoms with E-state index in [9.17, 15) is 0 Å². The summed E-state index contributed by atoms with van der Waals surface area (Å²) in [5.41, 5.74) is 5.96. The molecule has 1 aromatic rings. The van der Waals surface area contributed by atoms with Crippen LogP contribution < -0.4 is 5.73 Å². The van der Waals surface area contributed by atoms with Gasteiger partial charge in [0, 0.05) is 20.3 Å². The molecule has 17 heavy (non-hydrogen) atoms. The third-order valence-electron chi connectivity index (χ3n) is 3.74. The van der Waals surface area contributed by atoms with E-state index in [2.05, 4.69) is 40.7 Å². The molecule has 1 aliphatic rings. The summed E-state index contributed by atoms with van der Waals surface area (Å²) < 4.78 is 1.25. The fourth-order valence-corrected chi connectivity index (χ4v) is 4.58. The van der Waals surface area contributed by atoms with Crippen molar-refractivity contribution in [3.63, 3.8) is 0 Å². The molecule has 2 atom stereocenters. The number of nitrogens with zero attached hydrogens (tertiary/aromatic N) is 1. The van der Waals surface area contributed by atoms with Gasteiger partial charge in [-0.15, -0.1) is 11.3 Å². The second-order valence-electron chi connectivity index (χ2n) is 4.76. The van der Waals surface area contributed by atoms with Gasteiger partial charge >= 0.3 is 0 Å². The zero-order valence-electron chi connectivity index (χ0n) is 10.6. The summed E-state index contributed by atoms with van der Waals surface area (Å²) in [4.78, 5) is 5.43. The van der Waals surface area contributed by atoms with Gasteiger partial charge in [0.05, 0.1) is 0 Å². The Hall–Kier alpha value is 0.1000. The van der Waals surface area contributed by atoms with Gasteiger partial charge in [0.25, 0.3) is 0 Å². The minimum atomic E-state index is 0.536. The Labute approximate surface area is 116 Å². The number of aryl methyl sites for hydroxylation is 1. The van der Waals surface area contributed by atoms with Gasteiger partial charge in [-0.25, -0.2) is 0 Å². The molecule has 2 rings (SSSR count). The van der Waals surface area contributed by atoms with Crippen molar-refractivity contribution < 1.29 is 0 Å². The second kappa shape index (κ2) is 5.83. The van der Waals surface area contributed by atoms with Gasteiger partial charge in [-0.3, -0.25) is 4.90 Å². The van der Waals surface area contributed by atoms with Crippen LogP contribution in [0.3, 0.4) is 0 Å². The Bertz CT molecular complexity index is 346. The maximum absolute atomic E-state index is 5.96. The number of rotatable bonds is 3. The highest BCUT2D eigenvalue weighted by Crippen LogP contribution is 2.40. The first-order valence-electron chi connectivity index (χ1n) is 6.37. The molecule has 2 heterocycles. The van der Waals surface area contributed by atoms with Crippen molar-refractivity contribution in [2.24, 2.45) is 11.7 Å². The van der Waals surface area contributed by atoms with Gasteiger partial charge < -0.3 is 5.73 Å². The number of likely N-dealkylation sites (tertiary alicyclic amines) is 1. The van der Waals surface area contributed by atoms with Crippen molar-refractivity contribution in [3.8, 4) is 0 Å². The molecule has 4 heteroatoms. The number of thiophene rings is 1. The topological polar surface area (TPSA) is 29.3 Å². The van der Waals surface area contributed by atoms with Crippen LogP contribution in [0.25, 0.3) is 0 Å². The predicted molar refractivity (Wildman–Crippen MR) is 78.5 cm³/mol. The fraction of sp³-hybridized carbons (Fsp3) is 0.692. The number of hydrogen-bond donors (Lipinski definition) is 1. The molecule has 1 fully saturated rings. The number of halogens is 1. The summed E-state index contributed by atoms with van der Waals surface area (Å²) in [6, 6.07) is 2.83. The summed E-state index contributed by atoms with van der Waals surface area (Å²) in [6.45, 7) is 7.56. The van der Waals surface area contributed by atoms with Gasteiger partial charge in [-0.2, -0.15) is 0 Å². The molecule has 2 N–H and O–H groups in total. The van der Waals surface area contributed by atoms with Gasteiger partial charge in [-0.1, -0.05) is 6.92 Å². The molecule has 0 bridgehead atoms. The van der Waals surface area contributed by atoms with Crippen LogP contribution in [0.5, 0.6) is 0 Å².